The van der Waals surface area contributed by atoms with Gasteiger partial charge in [0, 0.05) is 36.1 Å². The Hall–Kier alpha value is -2.11. The number of carbonyl (C=O) groups excluding carboxylic acids is 2. The summed E-state index contributed by atoms with van der Waals surface area (Å²) in [5.74, 6) is -0.760. The third-order valence-electron chi connectivity index (χ3n) is 4.07. The van der Waals surface area contributed by atoms with E-state index in [0.29, 0.717) is 40.8 Å². The van der Waals surface area contributed by atoms with Gasteiger partial charge in [0.05, 0.1) is 10.6 Å². The molecule has 2 aromatic carbocycles. The molecule has 0 radical (unpaired) electrons. The molecular weight excluding hydrogens is 366 g/mol. The first-order chi connectivity index (χ1) is 11.9. The molecule has 130 valence electrons. The van der Waals surface area contributed by atoms with Crippen molar-refractivity contribution < 1.29 is 14.0 Å². The topological polar surface area (TPSA) is 49.4 Å². The first-order valence-electron chi connectivity index (χ1n) is 7.73. The van der Waals surface area contributed by atoms with Crippen LogP contribution in [0.25, 0.3) is 0 Å². The summed E-state index contributed by atoms with van der Waals surface area (Å²) in [6, 6.07) is 10.5. The summed E-state index contributed by atoms with van der Waals surface area (Å²) in [7, 11) is 0. The second-order valence-electron chi connectivity index (χ2n) is 5.89. The highest BCUT2D eigenvalue weighted by Gasteiger charge is 2.30. The molecule has 0 spiro atoms. The Labute approximate surface area is 154 Å². The molecule has 0 aromatic heterocycles. The molecule has 2 amide bonds. The molecule has 1 aliphatic heterocycles. The molecular formula is C18H15Cl2FN2O2. The van der Waals surface area contributed by atoms with Crippen molar-refractivity contribution in [2.24, 2.45) is 5.92 Å². The molecule has 1 fully saturated rings. The van der Waals surface area contributed by atoms with Crippen molar-refractivity contribution in [2.45, 2.75) is 6.42 Å². The maximum Gasteiger partial charge on any atom is 0.252 e. The van der Waals surface area contributed by atoms with Crippen molar-refractivity contribution in [1.82, 2.24) is 5.32 Å². The molecule has 1 saturated heterocycles. The predicted molar refractivity (Wildman–Crippen MR) is 95.7 cm³/mol. The molecule has 1 heterocycles. The Morgan fingerprint density at radius 3 is 2.64 bits per heavy atom. The van der Waals surface area contributed by atoms with Gasteiger partial charge in [0.25, 0.3) is 5.91 Å². The SMILES string of the molecule is O=C(NCC1CC(=O)N(c2ccc(F)cc2)C1)c1cc(Cl)ccc1Cl. The second kappa shape index (κ2) is 7.42. The summed E-state index contributed by atoms with van der Waals surface area (Å²) < 4.78 is 13.0. The van der Waals surface area contributed by atoms with E-state index < -0.39 is 0 Å². The zero-order valence-electron chi connectivity index (χ0n) is 13.1. The van der Waals surface area contributed by atoms with E-state index in [1.165, 1.54) is 18.2 Å². The van der Waals surface area contributed by atoms with E-state index in [1.807, 2.05) is 0 Å². The lowest BCUT2D eigenvalue weighted by molar-refractivity contribution is -0.117. The summed E-state index contributed by atoms with van der Waals surface area (Å²) in [4.78, 5) is 26.0. The molecule has 2 aromatic rings. The van der Waals surface area contributed by atoms with Gasteiger partial charge < -0.3 is 10.2 Å². The van der Waals surface area contributed by atoms with Crippen LogP contribution in [0.1, 0.15) is 16.8 Å². The fourth-order valence-electron chi connectivity index (χ4n) is 2.79. The largest absolute Gasteiger partial charge is 0.352 e. The van der Waals surface area contributed by atoms with Crippen LogP contribution in [-0.2, 0) is 4.79 Å². The van der Waals surface area contributed by atoms with Gasteiger partial charge in [-0.05, 0) is 42.5 Å². The number of hydrogen-bond acceptors (Lipinski definition) is 2. The van der Waals surface area contributed by atoms with Gasteiger partial charge in [0.15, 0.2) is 0 Å². The highest BCUT2D eigenvalue weighted by molar-refractivity contribution is 6.35. The van der Waals surface area contributed by atoms with Crippen molar-refractivity contribution in [1.29, 1.82) is 0 Å². The minimum atomic E-state index is -0.349. The number of carbonyl (C=O) groups is 2. The maximum atomic E-state index is 13.0. The van der Waals surface area contributed by atoms with Crippen LogP contribution in [0, 0.1) is 11.7 Å². The summed E-state index contributed by atoms with van der Waals surface area (Å²) in [5.41, 5.74) is 0.951. The van der Waals surface area contributed by atoms with E-state index in [-0.39, 0.29) is 23.5 Å². The number of hydrogen-bond donors (Lipinski definition) is 1. The molecule has 1 atom stereocenters. The van der Waals surface area contributed by atoms with E-state index in [1.54, 1.807) is 29.2 Å². The normalized spacial score (nSPS) is 17.0. The van der Waals surface area contributed by atoms with Crippen molar-refractivity contribution in [3.63, 3.8) is 0 Å². The molecule has 1 N–H and O–H groups in total. The van der Waals surface area contributed by atoms with Crippen molar-refractivity contribution in [3.8, 4) is 0 Å². The molecule has 1 unspecified atom stereocenters. The molecule has 3 rings (SSSR count). The molecule has 0 bridgehead atoms. The second-order valence-corrected chi connectivity index (χ2v) is 6.73. The van der Waals surface area contributed by atoms with Crippen molar-refractivity contribution >= 4 is 40.7 Å². The van der Waals surface area contributed by atoms with E-state index in [2.05, 4.69) is 5.32 Å². The fourth-order valence-corrected chi connectivity index (χ4v) is 3.17. The Kier molecular flexibility index (Phi) is 5.25. The third kappa shape index (κ3) is 4.11. The molecule has 4 nitrogen and oxygen atoms in total. The number of rotatable bonds is 4. The average Bonchev–Trinajstić information content (AvgIpc) is 2.96. The number of halogens is 3. The number of nitrogens with one attached hydrogen (secondary N) is 1. The summed E-state index contributed by atoms with van der Waals surface area (Å²) >= 11 is 11.9. The number of nitrogens with zero attached hydrogens (tertiary/aromatic N) is 1. The van der Waals surface area contributed by atoms with Gasteiger partial charge in [-0.3, -0.25) is 9.59 Å². The monoisotopic (exact) mass is 380 g/mol. The van der Waals surface area contributed by atoms with Crippen molar-refractivity contribution in [3.05, 3.63) is 63.9 Å². The minimum Gasteiger partial charge on any atom is -0.352 e. The van der Waals surface area contributed by atoms with E-state index >= 15 is 0 Å². The third-order valence-corrected chi connectivity index (χ3v) is 4.63. The van der Waals surface area contributed by atoms with E-state index in [9.17, 15) is 14.0 Å². The fraction of sp³-hybridized carbons (Fsp3) is 0.222. The quantitative estimate of drug-likeness (QED) is 0.873. The smallest absolute Gasteiger partial charge is 0.252 e. The van der Waals surface area contributed by atoms with Gasteiger partial charge in [-0.15, -0.1) is 0 Å². The van der Waals surface area contributed by atoms with Crippen LogP contribution in [0.5, 0.6) is 0 Å². The van der Waals surface area contributed by atoms with Gasteiger partial charge in [-0.2, -0.15) is 0 Å². The van der Waals surface area contributed by atoms with Crippen LogP contribution in [0.3, 0.4) is 0 Å². The van der Waals surface area contributed by atoms with E-state index in [0.717, 1.165) is 0 Å². The average molecular weight is 381 g/mol. The molecule has 0 saturated carbocycles. The highest BCUT2D eigenvalue weighted by atomic mass is 35.5. The van der Waals surface area contributed by atoms with E-state index in [4.69, 9.17) is 23.2 Å². The highest BCUT2D eigenvalue weighted by Crippen LogP contribution is 2.25. The molecule has 25 heavy (non-hydrogen) atoms. The Bertz CT molecular complexity index is 811. The number of anilines is 1. The standard InChI is InChI=1S/C18H15Cl2FN2O2/c19-12-1-6-16(20)15(8-12)18(25)22-9-11-7-17(24)23(10-11)14-4-2-13(21)3-5-14/h1-6,8,11H,7,9-10H2,(H,22,25). The molecule has 1 aliphatic rings. The molecule has 0 aliphatic carbocycles. The van der Waals surface area contributed by atoms with Crippen molar-refractivity contribution in [2.75, 3.05) is 18.0 Å². The lowest BCUT2D eigenvalue weighted by Crippen LogP contribution is -2.31. The molecule has 7 heteroatoms. The minimum absolute atomic E-state index is 0.0283. The Morgan fingerprint density at radius 1 is 1.20 bits per heavy atom. The summed E-state index contributed by atoms with van der Waals surface area (Å²) in [5, 5.41) is 3.53. The van der Waals surface area contributed by atoms with Gasteiger partial charge >= 0.3 is 0 Å². The first-order valence-corrected chi connectivity index (χ1v) is 8.49. The zero-order valence-corrected chi connectivity index (χ0v) is 14.6. The zero-order chi connectivity index (χ0) is 18.0. The van der Waals surface area contributed by atoms with Gasteiger partial charge in [-0.1, -0.05) is 23.2 Å². The summed E-state index contributed by atoms with van der Waals surface area (Å²) in [6.45, 7) is 0.805. The van der Waals surface area contributed by atoms with Crippen LogP contribution in [0.15, 0.2) is 42.5 Å². The maximum absolute atomic E-state index is 13.0. The number of amides is 2. The van der Waals surface area contributed by atoms with Crippen LogP contribution in [0.2, 0.25) is 10.0 Å². The predicted octanol–water partition coefficient (Wildman–Crippen LogP) is 3.92. The Balaban J connectivity index is 1.61. The van der Waals surface area contributed by atoms with Gasteiger partial charge in [-0.25, -0.2) is 4.39 Å². The van der Waals surface area contributed by atoms with Crippen LogP contribution < -0.4 is 10.2 Å². The van der Waals surface area contributed by atoms with Crippen LogP contribution >= 0.6 is 23.2 Å². The van der Waals surface area contributed by atoms with Crippen LogP contribution in [-0.4, -0.2) is 24.9 Å². The first kappa shape index (κ1) is 17.7. The van der Waals surface area contributed by atoms with Gasteiger partial charge in [0.1, 0.15) is 5.82 Å². The lowest BCUT2D eigenvalue weighted by atomic mass is 10.1. The summed E-state index contributed by atoms with van der Waals surface area (Å²) in [6.07, 6.45) is 0.320. The van der Waals surface area contributed by atoms with Crippen LogP contribution in [0.4, 0.5) is 10.1 Å². The lowest BCUT2D eigenvalue weighted by Gasteiger charge is -2.17. The Morgan fingerprint density at radius 2 is 1.92 bits per heavy atom. The number of benzene rings is 2. The van der Waals surface area contributed by atoms with Gasteiger partial charge in [0.2, 0.25) is 5.91 Å².